The van der Waals surface area contributed by atoms with Crippen molar-refractivity contribution >= 4 is 23.0 Å². The van der Waals surface area contributed by atoms with Gasteiger partial charge in [-0.05, 0) is 6.07 Å². The van der Waals surface area contributed by atoms with E-state index in [9.17, 15) is 10.1 Å². The number of nitrogens with one attached hydrogen (secondary N) is 1. The van der Waals surface area contributed by atoms with Crippen LogP contribution in [0.3, 0.4) is 0 Å². The van der Waals surface area contributed by atoms with Crippen LogP contribution in [0.15, 0.2) is 18.2 Å². The number of non-ortho nitro benzene ring substituents is 1. The number of hydrogen-bond donors (Lipinski definition) is 1. The van der Waals surface area contributed by atoms with Crippen LogP contribution in [0.5, 0.6) is 0 Å². The van der Waals surface area contributed by atoms with Crippen LogP contribution < -0.4 is 10.2 Å². The number of hydrogen-bond acceptors (Lipinski definition) is 5. The molecule has 6 nitrogen and oxygen atoms in total. The van der Waals surface area contributed by atoms with Gasteiger partial charge in [-0.3, -0.25) is 15.0 Å². The largest absolute Gasteiger partial charge is 0.367 e. The van der Waals surface area contributed by atoms with Crippen molar-refractivity contribution in [3.05, 3.63) is 33.3 Å². The molecule has 3 rings (SSSR count). The van der Waals surface area contributed by atoms with Crippen molar-refractivity contribution in [3.63, 3.8) is 0 Å². The van der Waals surface area contributed by atoms with Crippen LogP contribution in [-0.2, 0) is 0 Å². The zero-order valence-corrected chi connectivity index (χ0v) is 11.8. The maximum absolute atomic E-state index is 10.7. The Kier molecular flexibility index (Phi) is 3.78. The predicted molar refractivity (Wildman–Crippen MR) is 78.6 cm³/mol. The van der Waals surface area contributed by atoms with E-state index in [2.05, 4.69) is 15.1 Å². The molecule has 0 aromatic heterocycles. The van der Waals surface area contributed by atoms with Crippen molar-refractivity contribution in [2.45, 2.75) is 6.04 Å². The first-order valence-electron chi connectivity index (χ1n) is 6.79. The van der Waals surface area contributed by atoms with Crippen LogP contribution in [0, 0.1) is 10.1 Å². The summed E-state index contributed by atoms with van der Waals surface area (Å²) in [4.78, 5) is 14.9. The quantitative estimate of drug-likeness (QED) is 0.674. The third-order valence-corrected chi connectivity index (χ3v) is 4.32. The molecule has 0 aliphatic carbocycles. The Bertz CT molecular complexity index is 513. The minimum absolute atomic E-state index is 0.0397. The highest BCUT2D eigenvalue weighted by atomic mass is 35.5. The zero-order valence-electron chi connectivity index (χ0n) is 11.1. The van der Waals surface area contributed by atoms with Gasteiger partial charge in [0.05, 0.1) is 15.6 Å². The molecule has 1 N–H and O–H groups in total. The SMILES string of the molecule is O=[N+]([O-])c1ccc(N2CC(N3CCNCC3)C2)c(Cl)c1. The van der Waals surface area contributed by atoms with Gasteiger partial charge < -0.3 is 10.2 Å². The van der Waals surface area contributed by atoms with Crippen LogP contribution in [-0.4, -0.2) is 55.1 Å². The Morgan fingerprint density at radius 2 is 2.00 bits per heavy atom. The van der Waals surface area contributed by atoms with Crippen LogP contribution in [0.1, 0.15) is 0 Å². The van der Waals surface area contributed by atoms with E-state index in [1.54, 1.807) is 6.07 Å². The van der Waals surface area contributed by atoms with E-state index < -0.39 is 4.92 Å². The summed E-state index contributed by atoms with van der Waals surface area (Å²) >= 11 is 6.14. The number of anilines is 1. The van der Waals surface area contributed by atoms with E-state index in [-0.39, 0.29) is 5.69 Å². The topological polar surface area (TPSA) is 61.7 Å². The summed E-state index contributed by atoms with van der Waals surface area (Å²) < 4.78 is 0. The Morgan fingerprint density at radius 3 is 2.60 bits per heavy atom. The summed E-state index contributed by atoms with van der Waals surface area (Å²) in [5.41, 5.74) is 0.932. The fourth-order valence-electron chi connectivity index (χ4n) is 2.80. The van der Waals surface area contributed by atoms with Gasteiger partial charge in [-0.15, -0.1) is 0 Å². The van der Waals surface area contributed by atoms with E-state index in [0.717, 1.165) is 45.0 Å². The fraction of sp³-hybridized carbons (Fsp3) is 0.538. The Morgan fingerprint density at radius 1 is 1.30 bits per heavy atom. The second-order valence-corrected chi connectivity index (χ2v) is 5.64. The standard InChI is InChI=1S/C13H17ClN4O2/c14-12-7-10(18(19)20)1-2-13(12)17-8-11(9-17)16-5-3-15-4-6-16/h1-2,7,11,15H,3-6,8-9H2. The fourth-order valence-corrected chi connectivity index (χ4v) is 3.09. The average Bonchev–Trinajstić information content (AvgIpc) is 2.40. The molecule has 0 saturated carbocycles. The molecule has 2 saturated heterocycles. The van der Waals surface area contributed by atoms with Gasteiger partial charge in [0, 0.05) is 57.4 Å². The summed E-state index contributed by atoms with van der Waals surface area (Å²) in [5, 5.41) is 14.5. The van der Waals surface area contributed by atoms with E-state index >= 15 is 0 Å². The van der Waals surface area contributed by atoms with Crippen molar-refractivity contribution < 1.29 is 4.92 Å². The molecule has 0 unspecified atom stereocenters. The average molecular weight is 297 g/mol. The van der Waals surface area contributed by atoms with Gasteiger partial charge in [0.1, 0.15) is 0 Å². The number of halogens is 1. The molecule has 0 radical (unpaired) electrons. The molecule has 0 atom stereocenters. The highest BCUT2D eigenvalue weighted by Gasteiger charge is 2.33. The molecule has 2 aliphatic heterocycles. The zero-order chi connectivity index (χ0) is 14.1. The monoisotopic (exact) mass is 296 g/mol. The first-order valence-corrected chi connectivity index (χ1v) is 7.16. The molecule has 1 aromatic carbocycles. The van der Waals surface area contributed by atoms with Crippen LogP contribution >= 0.6 is 11.6 Å². The van der Waals surface area contributed by atoms with E-state index in [0.29, 0.717) is 11.1 Å². The smallest absolute Gasteiger partial charge is 0.271 e. The number of benzene rings is 1. The first-order chi connectivity index (χ1) is 9.65. The van der Waals surface area contributed by atoms with Crippen molar-refractivity contribution in [1.29, 1.82) is 0 Å². The van der Waals surface area contributed by atoms with Crippen LogP contribution in [0.2, 0.25) is 5.02 Å². The maximum Gasteiger partial charge on any atom is 0.271 e. The number of rotatable bonds is 3. The molecule has 2 fully saturated rings. The molecule has 108 valence electrons. The molecule has 2 aliphatic rings. The Labute approximate surface area is 122 Å². The summed E-state index contributed by atoms with van der Waals surface area (Å²) in [6, 6.07) is 5.26. The number of piperazine rings is 1. The van der Waals surface area contributed by atoms with Crippen molar-refractivity contribution in [2.24, 2.45) is 0 Å². The second kappa shape index (κ2) is 5.55. The highest BCUT2D eigenvalue weighted by Crippen LogP contribution is 2.33. The van der Waals surface area contributed by atoms with Crippen molar-refractivity contribution in [2.75, 3.05) is 44.2 Å². The number of nitrogens with zero attached hydrogens (tertiary/aromatic N) is 3. The van der Waals surface area contributed by atoms with E-state index in [1.807, 2.05) is 0 Å². The summed E-state index contributed by atoms with van der Waals surface area (Å²) in [7, 11) is 0. The van der Waals surface area contributed by atoms with E-state index in [1.165, 1.54) is 12.1 Å². The number of nitro groups is 1. The maximum atomic E-state index is 10.7. The van der Waals surface area contributed by atoms with Crippen LogP contribution in [0.25, 0.3) is 0 Å². The lowest BCUT2D eigenvalue weighted by molar-refractivity contribution is -0.384. The molecule has 0 bridgehead atoms. The molecule has 1 aromatic rings. The van der Waals surface area contributed by atoms with Gasteiger partial charge in [-0.25, -0.2) is 0 Å². The normalized spacial score (nSPS) is 20.8. The highest BCUT2D eigenvalue weighted by molar-refractivity contribution is 6.33. The molecule has 7 heteroatoms. The van der Waals surface area contributed by atoms with Crippen LogP contribution in [0.4, 0.5) is 11.4 Å². The molecule has 20 heavy (non-hydrogen) atoms. The molecule has 0 spiro atoms. The lowest BCUT2D eigenvalue weighted by atomic mass is 10.0. The van der Waals surface area contributed by atoms with Gasteiger partial charge >= 0.3 is 0 Å². The van der Waals surface area contributed by atoms with Gasteiger partial charge in [0.25, 0.3) is 5.69 Å². The number of nitro benzene ring substituents is 1. The first kappa shape index (κ1) is 13.6. The minimum Gasteiger partial charge on any atom is -0.367 e. The van der Waals surface area contributed by atoms with Crippen molar-refractivity contribution in [3.8, 4) is 0 Å². The van der Waals surface area contributed by atoms with Gasteiger partial charge in [0.2, 0.25) is 0 Å². The summed E-state index contributed by atoms with van der Waals surface area (Å²) in [6.07, 6.45) is 0. The lowest BCUT2D eigenvalue weighted by Gasteiger charge is -2.48. The van der Waals surface area contributed by atoms with Gasteiger partial charge in [-0.2, -0.15) is 0 Å². The summed E-state index contributed by atoms with van der Waals surface area (Å²) in [5.74, 6) is 0. The van der Waals surface area contributed by atoms with Gasteiger partial charge in [-0.1, -0.05) is 11.6 Å². The second-order valence-electron chi connectivity index (χ2n) is 5.24. The van der Waals surface area contributed by atoms with E-state index in [4.69, 9.17) is 11.6 Å². The Hall–Kier alpha value is -1.37. The molecule has 0 amide bonds. The lowest BCUT2D eigenvalue weighted by Crippen LogP contribution is -2.62. The molecular formula is C13H17ClN4O2. The predicted octanol–water partition coefficient (Wildman–Crippen LogP) is 1.34. The summed E-state index contributed by atoms with van der Waals surface area (Å²) in [6.45, 7) is 6.16. The molecular weight excluding hydrogens is 280 g/mol. The van der Waals surface area contributed by atoms with Gasteiger partial charge in [0.15, 0.2) is 0 Å². The Balaban J connectivity index is 1.63. The molecule has 2 heterocycles. The van der Waals surface area contributed by atoms with Crippen molar-refractivity contribution in [1.82, 2.24) is 10.2 Å². The third kappa shape index (κ3) is 2.59. The third-order valence-electron chi connectivity index (χ3n) is 4.01. The minimum atomic E-state index is -0.421.